The highest BCUT2D eigenvalue weighted by atomic mass is 16.3. The molecule has 0 bridgehead atoms. The predicted molar refractivity (Wildman–Crippen MR) is 163 cm³/mol. The first-order valence-corrected chi connectivity index (χ1v) is 15.0. The zero-order valence-corrected chi connectivity index (χ0v) is 26.4. The van der Waals surface area contributed by atoms with Crippen LogP contribution in [0, 0.1) is 42.9 Å². The molecule has 0 aliphatic carbocycles. The van der Waals surface area contributed by atoms with Crippen LogP contribution in [0.2, 0.25) is 0 Å². The molecule has 0 saturated carbocycles. The third-order valence-corrected chi connectivity index (χ3v) is 7.80. The molecule has 2 aromatic carbocycles. The summed E-state index contributed by atoms with van der Waals surface area (Å²) in [5.41, 5.74) is 4.46. The summed E-state index contributed by atoms with van der Waals surface area (Å²) in [5.74, 6) is 1.32. The molecular formula is C35H56O4. The highest BCUT2D eigenvalue weighted by Crippen LogP contribution is 2.51. The molecule has 0 atom stereocenters. The van der Waals surface area contributed by atoms with Gasteiger partial charge in [0, 0.05) is 0 Å². The number of aliphatic hydroxyl groups excluding tert-OH is 3. The van der Waals surface area contributed by atoms with Gasteiger partial charge in [-0.25, -0.2) is 0 Å². The van der Waals surface area contributed by atoms with E-state index in [-0.39, 0.29) is 0 Å². The van der Waals surface area contributed by atoms with Gasteiger partial charge < -0.3 is 20.4 Å². The molecular weight excluding hydrogens is 484 g/mol. The smallest absolute Gasteiger partial charge is 0.128 e. The molecule has 0 spiro atoms. The number of benzene rings is 2. The van der Waals surface area contributed by atoms with Crippen LogP contribution >= 0.6 is 0 Å². The summed E-state index contributed by atoms with van der Waals surface area (Å²) < 4.78 is 0. The molecule has 220 valence electrons. The van der Waals surface area contributed by atoms with Gasteiger partial charge in [-0.15, -0.1) is 0 Å². The van der Waals surface area contributed by atoms with Crippen LogP contribution in [0.15, 0.2) is 24.3 Å². The van der Waals surface area contributed by atoms with E-state index in [1.165, 1.54) is 0 Å². The average Bonchev–Trinajstić information content (AvgIpc) is 2.78. The second-order valence-electron chi connectivity index (χ2n) is 13.8. The van der Waals surface area contributed by atoms with E-state index in [2.05, 4.69) is 93.5 Å². The Bertz CT molecular complexity index is 932. The van der Waals surface area contributed by atoms with E-state index in [1.807, 2.05) is 0 Å². The summed E-state index contributed by atoms with van der Waals surface area (Å²) in [7, 11) is 0. The Morgan fingerprint density at radius 3 is 0.923 bits per heavy atom. The van der Waals surface area contributed by atoms with Crippen molar-refractivity contribution in [3.63, 3.8) is 0 Å². The summed E-state index contributed by atoms with van der Waals surface area (Å²) in [6, 6.07) is 8.61. The van der Waals surface area contributed by atoms with Crippen LogP contribution in [0.25, 0.3) is 0 Å². The lowest BCUT2D eigenvalue weighted by molar-refractivity contribution is -0.137. The van der Waals surface area contributed by atoms with Gasteiger partial charge in [0.05, 0.1) is 25.2 Å². The lowest BCUT2D eigenvalue weighted by atomic mass is 9.60. The first-order chi connectivity index (χ1) is 18.1. The van der Waals surface area contributed by atoms with Crippen LogP contribution in [0.4, 0.5) is 0 Å². The molecule has 39 heavy (non-hydrogen) atoms. The van der Waals surface area contributed by atoms with Gasteiger partial charge in [-0.2, -0.15) is 0 Å². The largest absolute Gasteiger partial charge is 0.395 e. The maximum absolute atomic E-state index is 13.5. The van der Waals surface area contributed by atoms with Gasteiger partial charge in [-0.1, -0.05) is 90.8 Å². The lowest BCUT2D eigenvalue weighted by Gasteiger charge is -2.49. The minimum atomic E-state index is -1.81. The normalized spacial score (nSPS) is 13.0. The molecule has 0 unspecified atom stereocenters. The molecule has 4 N–H and O–H groups in total. The molecule has 0 aromatic heterocycles. The van der Waals surface area contributed by atoms with Crippen molar-refractivity contribution in [3.05, 3.63) is 68.8 Å². The fraction of sp³-hybridized carbons (Fsp3) is 0.657. The molecule has 0 aliphatic heterocycles. The van der Waals surface area contributed by atoms with E-state index in [9.17, 15) is 20.4 Å². The Hall–Kier alpha value is -1.72. The fourth-order valence-corrected chi connectivity index (χ4v) is 6.37. The van der Waals surface area contributed by atoms with Crippen molar-refractivity contribution >= 4 is 0 Å². The van der Waals surface area contributed by atoms with E-state index in [0.717, 1.165) is 70.2 Å². The summed E-state index contributed by atoms with van der Waals surface area (Å²) >= 11 is 0. The van der Waals surface area contributed by atoms with Crippen LogP contribution in [-0.2, 0) is 31.3 Å². The minimum Gasteiger partial charge on any atom is -0.395 e. The Labute approximate surface area is 238 Å². The van der Waals surface area contributed by atoms with Gasteiger partial charge in [0.2, 0.25) is 0 Å². The summed E-state index contributed by atoms with van der Waals surface area (Å²) in [4.78, 5) is 0. The van der Waals surface area contributed by atoms with Gasteiger partial charge in [0.15, 0.2) is 0 Å². The second-order valence-corrected chi connectivity index (χ2v) is 13.8. The Morgan fingerprint density at radius 1 is 0.513 bits per heavy atom. The molecule has 4 heteroatoms. The van der Waals surface area contributed by atoms with Crippen LogP contribution in [0.1, 0.15) is 99.9 Å². The Morgan fingerprint density at radius 2 is 0.744 bits per heavy atom. The zero-order valence-electron chi connectivity index (χ0n) is 26.4. The van der Waals surface area contributed by atoms with Gasteiger partial charge in [0.1, 0.15) is 5.60 Å². The van der Waals surface area contributed by atoms with Crippen LogP contribution in [-0.4, -0.2) is 40.2 Å². The van der Waals surface area contributed by atoms with E-state index >= 15 is 0 Å². The molecule has 0 radical (unpaired) electrons. The molecule has 0 amide bonds. The van der Waals surface area contributed by atoms with Crippen molar-refractivity contribution in [1.29, 1.82) is 0 Å². The first-order valence-electron chi connectivity index (χ1n) is 15.0. The number of rotatable bonds is 14. The van der Waals surface area contributed by atoms with Crippen molar-refractivity contribution in [2.75, 3.05) is 19.8 Å². The van der Waals surface area contributed by atoms with Gasteiger partial charge in [-0.05, 0) is 96.6 Å². The SMILES string of the molecule is Cc1cc(CC(C)C)c(C(O)(c2c(CC(C)C)cc(C)cc2CC(C)C)C(CO)(CO)CO)c(CC(C)C)c1. The highest BCUT2D eigenvalue weighted by Gasteiger charge is 2.55. The van der Waals surface area contributed by atoms with E-state index in [0.29, 0.717) is 23.7 Å². The maximum atomic E-state index is 13.5. The summed E-state index contributed by atoms with van der Waals surface area (Å²) in [6.07, 6.45) is 2.97. The third-order valence-electron chi connectivity index (χ3n) is 7.80. The second kappa shape index (κ2) is 13.8. The van der Waals surface area contributed by atoms with Crippen LogP contribution in [0.3, 0.4) is 0 Å². The number of aliphatic hydroxyl groups is 4. The first kappa shape index (κ1) is 33.5. The number of aryl methyl sites for hydroxylation is 2. The van der Waals surface area contributed by atoms with Crippen molar-refractivity contribution in [2.24, 2.45) is 29.1 Å². The Kier molecular flexibility index (Phi) is 11.8. The van der Waals surface area contributed by atoms with Crippen LogP contribution < -0.4 is 0 Å². The lowest BCUT2D eigenvalue weighted by Crippen LogP contribution is -2.56. The molecule has 2 rings (SSSR count). The highest BCUT2D eigenvalue weighted by molar-refractivity contribution is 5.55. The van der Waals surface area contributed by atoms with E-state index < -0.39 is 30.8 Å². The topological polar surface area (TPSA) is 80.9 Å². The molecule has 0 heterocycles. The van der Waals surface area contributed by atoms with Crippen molar-refractivity contribution < 1.29 is 20.4 Å². The predicted octanol–water partition coefficient (Wildman–Crippen LogP) is 6.30. The fourth-order valence-electron chi connectivity index (χ4n) is 6.37. The molecule has 2 aromatic rings. The third kappa shape index (κ3) is 7.33. The van der Waals surface area contributed by atoms with Crippen molar-refractivity contribution in [1.82, 2.24) is 0 Å². The average molecular weight is 541 g/mol. The standard InChI is InChI=1S/C35H56O4/c1-22(2)11-28-15-26(9)16-29(12-23(3)4)32(28)35(39,34(19-36,20-37)21-38)33-30(13-24(5)6)17-27(10)18-31(33)14-25(7)8/h15-18,22-25,36-39H,11-14,19-21H2,1-10H3. The van der Waals surface area contributed by atoms with Gasteiger partial charge >= 0.3 is 0 Å². The van der Waals surface area contributed by atoms with Crippen molar-refractivity contribution in [3.8, 4) is 0 Å². The summed E-state index contributed by atoms with van der Waals surface area (Å²) in [6.45, 7) is 19.9. The minimum absolute atomic E-state index is 0.330. The molecule has 0 saturated heterocycles. The molecule has 0 fully saturated rings. The van der Waals surface area contributed by atoms with E-state index in [1.54, 1.807) is 0 Å². The van der Waals surface area contributed by atoms with Crippen molar-refractivity contribution in [2.45, 2.75) is 101 Å². The monoisotopic (exact) mass is 540 g/mol. The van der Waals surface area contributed by atoms with Gasteiger partial charge in [-0.3, -0.25) is 0 Å². The molecule has 4 nitrogen and oxygen atoms in total. The number of hydrogen-bond acceptors (Lipinski definition) is 4. The van der Waals surface area contributed by atoms with Gasteiger partial charge in [0.25, 0.3) is 0 Å². The van der Waals surface area contributed by atoms with Crippen LogP contribution in [0.5, 0.6) is 0 Å². The molecule has 0 aliphatic rings. The maximum Gasteiger partial charge on any atom is 0.128 e. The van der Waals surface area contributed by atoms with E-state index in [4.69, 9.17) is 0 Å². The number of hydrogen-bond donors (Lipinski definition) is 4. The quantitative estimate of drug-likeness (QED) is 0.227. The Balaban J connectivity index is 3.30. The zero-order chi connectivity index (χ0) is 29.7. The summed E-state index contributed by atoms with van der Waals surface area (Å²) in [5, 5.41) is 46.4.